The molecule has 1 aliphatic rings. The van der Waals surface area contributed by atoms with Gasteiger partial charge < -0.3 is 11.1 Å². The van der Waals surface area contributed by atoms with Crippen LogP contribution in [0.15, 0.2) is 0 Å². The minimum Gasteiger partial charge on any atom is -0.350 e. The molecule has 0 aromatic carbocycles. The lowest BCUT2D eigenvalue weighted by atomic mass is 9.88. The molecule has 1 fully saturated rings. The molecule has 3 atom stereocenters. The number of hydrogen-bond donors (Lipinski definition) is 2. The standard InChI is InChI=1S/C16H33N3O/c1-6-13-8-9-19(14(10-13)11-17)12(3)15(20)18-16(4,5)7-2/h12-14H,6-11,17H2,1-5H3,(H,18,20). The van der Waals surface area contributed by atoms with Crippen molar-refractivity contribution < 1.29 is 4.79 Å². The first-order valence-electron chi connectivity index (χ1n) is 8.12. The molecule has 118 valence electrons. The third kappa shape index (κ3) is 4.45. The van der Waals surface area contributed by atoms with Gasteiger partial charge >= 0.3 is 0 Å². The maximum absolute atomic E-state index is 12.4. The summed E-state index contributed by atoms with van der Waals surface area (Å²) in [6.07, 6.45) is 4.46. The number of piperidine rings is 1. The van der Waals surface area contributed by atoms with Crippen LogP contribution in [0.5, 0.6) is 0 Å². The molecular formula is C16H33N3O. The Morgan fingerprint density at radius 1 is 1.45 bits per heavy atom. The van der Waals surface area contributed by atoms with Crippen LogP contribution < -0.4 is 11.1 Å². The molecule has 3 N–H and O–H groups in total. The average molecular weight is 283 g/mol. The van der Waals surface area contributed by atoms with Gasteiger partial charge in [0.05, 0.1) is 6.04 Å². The van der Waals surface area contributed by atoms with Crippen molar-refractivity contribution in [3.05, 3.63) is 0 Å². The summed E-state index contributed by atoms with van der Waals surface area (Å²) in [7, 11) is 0. The van der Waals surface area contributed by atoms with Crippen LogP contribution in [0.1, 0.15) is 60.3 Å². The molecule has 0 aromatic heterocycles. The van der Waals surface area contributed by atoms with Gasteiger partial charge in [0.2, 0.25) is 5.91 Å². The Kier molecular flexibility index (Phi) is 6.46. The minimum absolute atomic E-state index is 0.0906. The molecule has 0 radical (unpaired) electrons. The van der Waals surface area contributed by atoms with E-state index in [1.807, 2.05) is 6.92 Å². The van der Waals surface area contributed by atoms with E-state index in [9.17, 15) is 4.79 Å². The quantitative estimate of drug-likeness (QED) is 0.785. The van der Waals surface area contributed by atoms with Crippen LogP contribution >= 0.6 is 0 Å². The molecule has 1 heterocycles. The van der Waals surface area contributed by atoms with Crippen LogP contribution in [-0.4, -0.2) is 41.5 Å². The maximum atomic E-state index is 12.4. The molecule has 3 unspecified atom stereocenters. The lowest BCUT2D eigenvalue weighted by Gasteiger charge is -2.42. The van der Waals surface area contributed by atoms with Crippen LogP contribution in [-0.2, 0) is 4.79 Å². The van der Waals surface area contributed by atoms with Crippen molar-refractivity contribution in [1.82, 2.24) is 10.2 Å². The summed E-state index contributed by atoms with van der Waals surface area (Å²) in [6, 6.07) is 0.256. The summed E-state index contributed by atoms with van der Waals surface area (Å²) < 4.78 is 0. The minimum atomic E-state index is -0.134. The lowest BCUT2D eigenvalue weighted by molar-refractivity contribution is -0.129. The highest BCUT2D eigenvalue weighted by Crippen LogP contribution is 2.26. The van der Waals surface area contributed by atoms with Gasteiger partial charge in [0.15, 0.2) is 0 Å². The van der Waals surface area contributed by atoms with Gasteiger partial charge in [-0.3, -0.25) is 9.69 Å². The van der Waals surface area contributed by atoms with Crippen LogP contribution in [0, 0.1) is 5.92 Å². The molecule has 0 bridgehead atoms. The van der Waals surface area contributed by atoms with Crippen molar-refractivity contribution >= 4 is 5.91 Å². The Balaban J connectivity index is 2.65. The van der Waals surface area contributed by atoms with E-state index in [4.69, 9.17) is 5.73 Å². The summed E-state index contributed by atoms with van der Waals surface area (Å²) >= 11 is 0. The van der Waals surface area contributed by atoms with E-state index in [0.717, 1.165) is 25.3 Å². The normalized spacial score (nSPS) is 26.3. The van der Waals surface area contributed by atoms with Crippen molar-refractivity contribution in [1.29, 1.82) is 0 Å². The number of rotatable bonds is 6. The highest BCUT2D eigenvalue weighted by atomic mass is 16.2. The molecule has 0 aromatic rings. The summed E-state index contributed by atoms with van der Waals surface area (Å²) in [4.78, 5) is 14.7. The molecule has 0 saturated carbocycles. The number of likely N-dealkylation sites (tertiary alicyclic amines) is 1. The third-order valence-electron chi connectivity index (χ3n) is 4.94. The fraction of sp³-hybridized carbons (Fsp3) is 0.938. The Bertz CT molecular complexity index is 317. The molecular weight excluding hydrogens is 250 g/mol. The summed E-state index contributed by atoms with van der Waals surface area (Å²) in [5, 5.41) is 3.15. The van der Waals surface area contributed by atoms with Crippen molar-refractivity contribution in [2.24, 2.45) is 11.7 Å². The van der Waals surface area contributed by atoms with Gasteiger partial charge in [-0.1, -0.05) is 20.3 Å². The van der Waals surface area contributed by atoms with Crippen molar-refractivity contribution in [3.63, 3.8) is 0 Å². The van der Waals surface area contributed by atoms with Crippen LogP contribution in [0.4, 0.5) is 0 Å². The number of carbonyl (C=O) groups excluding carboxylic acids is 1. The van der Waals surface area contributed by atoms with Crippen molar-refractivity contribution in [2.45, 2.75) is 77.9 Å². The number of amides is 1. The SMILES string of the molecule is CCC1CCN(C(C)C(=O)NC(C)(C)CC)C(CN)C1. The molecule has 4 nitrogen and oxygen atoms in total. The zero-order chi connectivity index (χ0) is 15.3. The average Bonchev–Trinajstić information content (AvgIpc) is 2.45. The fourth-order valence-corrected chi connectivity index (χ4v) is 2.94. The predicted molar refractivity (Wildman–Crippen MR) is 84.5 cm³/mol. The van der Waals surface area contributed by atoms with Gasteiger partial charge in [-0.05, 0) is 52.5 Å². The van der Waals surface area contributed by atoms with Gasteiger partial charge in [0, 0.05) is 18.1 Å². The number of nitrogens with two attached hydrogens (primary N) is 1. The van der Waals surface area contributed by atoms with Gasteiger partial charge in [-0.2, -0.15) is 0 Å². The van der Waals surface area contributed by atoms with E-state index in [2.05, 4.69) is 37.9 Å². The van der Waals surface area contributed by atoms with Crippen LogP contribution in [0.3, 0.4) is 0 Å². The molecule has 0 spiro atoms. The Labute approximate surface area is 124 Å². The first kappa shape index (κ1) is 17.4. The van der Waals surface area contributed by atoms with Crippen molar-refractivity contribution in [2.75, 3.05) is 13.1 Å². The number of nitrogens with zero attached hydrogens (tertiary/aromatic N) is 1. The van der Waals surface area contributed by atoms with E-state index < -0.39 is 0 Å². The fourth-order valence-electron chi connectivity index (χ4n) is 2.94. The van der Waals surface area contributed by atoms with Gasteiger partial charge in [-0.15, -0.1) is 0 Å². The highest BCUT2D eigenvalue weighted by molar-refractivity contribution is 5.82. The number of carbonyl (C=O) groups is 1. The molecule has 1 aliphatic heterocycles. The second-order valence-electron chi connectivity index (χ2n) is 6.83. The summed E-state index contributed by atoms with van der Waals surface area (Å²) in [5.41, 5.74) is 5.79. The Morgan fingerprint density at radius 2 is 2.10 bits per heavy atom. The molecule has 1 saturated heterocycles. The van der Waals surface area contributed by atoms with Gasteiger partial charge in [0.25, 0.3) is 0 Å². The van der Waals surface area contributed by atoms with Gasteiger partial charge in [-0.25, -0.2) is 0 Å². The van der Waals surface area contributed by atoms with E-state index in [0.29, 0.717) is 12.6 Å². The van der Waals surface area contributed by atoms with Crippen LogP contribution in [0.25, 0.3) is 0 Å². The monoisotopic (exact) mass is 283 g/mol. The van der Waals surface area contributed by atoms with E-state index in [-0.39, 0.29) is 17.5 Å². The first-order valence-corrected chi connectivity index (χ1v) is 8.12. The molecule has 1 rings (SSSR count). The second kappa shape index (κ2) is 7.41. The maximum Gasteiger partial charge on any atom is 0.237 e. The lowest BCUT2D eigenvalue weighted by Crippen LogP contribution is -2.57. The number of nitrogens with one attached hydrogen (secondary N) is 1. The highest BCUT2D eigenvalue weighted by Gasteiger charge is 2.33. The van der Waals surface area contributed by atoms with Crippen LogP contribution in [0.2, 0.25) is 0 Å². The number of hydrogen-bond acceptors (Lipinski definition) is 3. The molecule has 0 aliphatic carbocycles. The third-order valence-corrected chi connectivity index (χ3v) is 4.94. The summed E-state index contributed by atoms with van der Waals surface area (Å²) in [5.74, 6) is 0.896. The van der Waals surface area contributed by atoms with Gasteiger partial charge in [0.1, 0.15) is 0 Å². The second-order valence-corrected chi connectivity index (χ2v) is 6.83. The Morgan fingerprint density at radius 3 is 2.60 bits per heavy atom. The molecule has 1 amide bonds. The zero-order valence-electron chi connectivity index (χ0n) is 13.9. The topological polar surface area (TPSA) is 58.4 Å². The zero-order valence-corrected chi connectivity index (χ0v) is 13.9. The molecule has 20 heavy (non-hydrogen) atoms. The predicted octanol–water partition coefficient (Wildman–Crippen LogP) is 2.13. The van der Waals surface area contributed by atoms with Crippen molar-refractivity contribution in [3.8, 4) is 0 Å². The smallest absolute Gasteiger partial charge is 0.237 e. The Hall–Kier alpha value is -0.610. The van der Waals surface area contributed by atoms with E-state index in [1.165, 1.54) is 12.8 Å². The van der Waals surface area contributed by atoms with E-state index in [1.54, 1.807) is 0 Å². The molecule has 4 heteroatoms. The summed E-state index contributed by atoms with van der Waals surface area (Å²) in [6.45, 7) is 12.1. The largest absolute Gasteiger partial charge is 0.350 e. The first-order chi connectivity index (χ1) is 9.34. The van der Waals surface area contributed by atoms with E-state index >= 15 is 0 Å².